The smallest absolute Gasteiger partial charge is 0.338 e. The maximum Gasteiger partial charge on any atom is 0.338 e. The second-order valence-corrected chi connectivity index (χ2v) is 3.64. The van der Waals surface area contributed by atoms with Crippen LogP contribution in [-0.4, -0.2) is 22.3 Å². The highest BCUT2D eigenvalue weighted by Crippen LogP contribution is 2.57. The van der Waals surface area contributed by atoms with Gasteiger partial charge in [0.1, 0.15) is 5.60 Å². The molecule has 2 fully saturated rings. The summed E-state index contributed by atoms with van der Waals surface area (Å²) in [5.74, 6) is -0.806. The lowest BCUT2D eigenvalue weighted by Crippen LogP contribution is -2.29. The monoisotopic (exact) mass is 156 g/mol. The van der Waals surface area contributed by atoms with E-state index >= 15 is 0 Å². The average molecular weight is 156 g/mol. The summed E-state index contributed by atoms with van der Waals surface area (Å²) in [4.78, 5) is 10.7. The van der Waals surface area contributed by atoms with Gasteiger partial charge in [0.25, 0.3) is 0 Å². The SMILES string of the molecule is CC1(C(=O)O)OC12CCCC2. The number of hydrogen-bond donors (Lipinski definition) is 1. The largest absolute Gasteiger partial charge is 0.479 e. The number of epoxide rings is 1. The van der Waals surface area contributed by atoms with Crippen molar-refractivity contribution in [2.45, 2.75) is 43.8 Å². The van der Waals surface area contributed by atoms with Crippen molar-refractivity contribution in [3.8, 4) is 0 Å². The minimum atomic E-state index is -0.858. The fourth-order valence-electron chi connectivity index (χ4n) is 2.13. The maximum atomic E-state index is 10.7. The van der Waals surface area contributed by atoms with Gasteiger partial charge in [-0.05, 0) is 19.8 Å². The van der Waals surface area contributed by atoms with Gasteiger partial charge in [-0.1, -0.05) is 12.8 Å². The standard InChI is InChI=1S/C8H12O3/c1-7(6(9)10)8(11-7)4-2-3-5-8/h2-5H2,1H3,(H,9,10). The average Bonchev–Trinajstić information content (AvgIpc) is 2.38. The molecule has 3 heteroatoms. The first-order valence-electron chi connectivity index (χ1n) is 4.04. The summed E-state index contributed by atoms with van der Waals surface area (Å²) in [5.41, 5.74) is -1.14. The van der Waals surface area contributed by atoms with Crippen molar-refractivity contribution in [2.24, 2.45) is 0 Å². The highest BCUT2D eigenvalue weighted by molar-refractivity contribution is 5.82. The highest BCUT2D eigenvalue weighted by Gasteiger charge is 2.72. The Hall–Kier alpha value is -0.570. The van der Waals surface area contributed by atoms with Gasteiger partial charge in [0.05, 0.1) is 0 Å². The van der Waals surface area contributed by atoms with Crippen molar-refractivity contribution < 1.29 is 14.6 Å². The Morgan fingerprint density at radius 2 is 2.00 bits per heavy atom. The number of ether oxygens (including phenoxy) is 1. The molecule has 3 nitrogen and oxygen atoms in total. The Labute approximate surface area is 65.4 Å². The molecule has 1 N–H and O–H groups in total. The summed E-state index contributed by atoms with van der Waals surface area (Å²) < 4.78 is 5.31. The molecule has 0 bridgehead atoms. The van der Waals surface area contributed by atoms with Crippen molar-refractivity contribution in [3.63, 3.8) is 0 Å². The third-order valence-electron chi connectivity index (χ3n) is 3.05. The number of aliphatic carboxylic acids is 1. The summed E-state index contributed by atoms with van der Waals surface area (Å²) in [5, 5.41) is 8.81. The van der Waals surface area contributed by atoms with Crippen molar-refractivity contribution >= 4 is 5.97 Å². The summed E-state index contributed by atoms with van der Waals surface area (Å²) in [7, 11) is 0. The van der Waals surface area contributed by atoms with Crippen LogP contribution in [0.2, 0.25) is 0 Å². The number of rotatable bonds is 1. The van der Waals surface area contributed by atoms with Crippen LogP contribution in [0.4, 0.5) is 0 Å². The van der Waals surface area contributed by atoms with Crippen molar-refractivity contribution in [1.82, 2.24) is 0 Å². The lowest BCUT2D eigenvalue weighted by atomic mass is 9.93. The summed E-state index contributed by atoms with van der Waals surface area (Å²) in [6.45, 7) is 1.68. The van der Waals surface area contributed by atoms with E-state index in [0.29, 0.717) is 0 Å². The second-order valence-electron chi connectivity index (χ2n) is 3.64. The van der Waals surface area contributed by atoms with E-state index in [-0.39, 0.29) is 5.60 Å². The summed E-state index contributed by atoms with van der Waals surface area (Å²) in [6, 6.07) is 0. The van der Waals surface area contributed by atoms with Crippen LogP contribution in [0, 0.1) is 0 Å². The van der Waals surface area contributed by atoms with Gasteiger partial charge < -0.3 is 9.84 Å². The number of carbonyl (C=O) groups is 1. The maximum absolute atomic E-state index is 10.7. The molecule has 0 aromatic heterocycles. The molecule has 1 saturated carbocycles. The van der Waals surface area contributed by atoms with E-state index in [1.807, 2.05) is 0 Å². The fourth-order valence-corrected chi connectivity index (χ4v) is 2.13. The van der Waals surface area contributed by atoms with Crippen LogP contribution in [0.3, 0.4) is 0 Å². The van der Waals surface area contributed by atoms with Crippen LogP contribution < -0.4 is 0 Å². The summed E-state index contributed by atoms with van der Waals surface area (Å²) >= 11 is 0. The molecule has 0 aromatic carbocycles. The van der Waals surface area contributed by atoms with Crippen molar-refractivity contribution in [1.29, 1.82) is 0 Å². The normalized spacial score (nSPS) is 39.4. The highest BCUT2D eigenvalue weighted by atomic mass is 16.6. The quantitative estimate of drug-likeness (QED) is 0.580. The number of carboxylic acids is 1. The van der Waals surface area contributed by atoms with E-state index in [2.05, 4.69) is 0 Å². The molecular formula is C8H12O3. The molecule has 0 amide bonds. The van der Waals surface area contributed by atoms with Crippen LogP contribution in [-0.2, 0) is 9.53 Å². The zero-order valence-electron chi connectivity index (χ0n) is 6.59. The van der Waals surface area contributed by atoms with Gasteiger partial charge in [0, 0.05) is 0 Å². The minimum Gasteiger partial charge on any atom is -0.479 e. The van der Waals surface area contributed by atoms with Gasteiger partial charge in [-0.15, -0.1) is 0 Å². The molecule has 1 aliphatic heterocycles. The molecule has 0 radical (unpaired) electrons. The number of hydrogen-bond acceptors (Lipinski definition) is 2. The molecule has 0 aromatic rings. The Kier molecular flexibility index (Phi) is 1.15. The van der Waals surface area contributed by atoms with Gasteiger partial charge in [0.15, 0.2) is 5.60 Å². The third kappa shape index (κ3) is 0.692. The molecule has 1 spiro atoms. The molecule has 1 heterocycles. The summed E-state index contributed by atoms with van der Waals surface area (Å²) in [6.07, 6.45) is 4.08. The van der Waals surface area contributed by atoms with Crippen LogP contribution in [0.15, 0.2) is 0 Å². The molecular weight excluding hydrogens is 144 g/mol. The second kappa shape index (κ2) is 1.78. The molecule has 62 valence electrons. The van der Waals surface area contributed by atoms with Gasteiger partial charge >= 0.3 is 5.97 Å². The molecule has 1 aliphatic carbocycles. The van der Waals surface area contributed by atoms with Gasteiger partial charge in [-0.25, -0.2) is 4.79 Å². The molecule has 11 heavy (non-hydrogen) atoms. The zero-order valence-corrected chi connectivity index (χ0v) is 6.59. The van der Waals surface area contributed by atoms with Crippen LogP contribution in [0.25, 0.3) is 0 Å². The Bertz CT molecular complexity index is 205. The Morgan fingerprint density at radius 1 is 1.45 bits per heavy atom. The van der Waals surface area contributed by atoms with E-state index < -0.39 is 11.6 Å². The number of carboxylic acid groups (broad SMARTS) is 1. The lowest BCUT2D eigenvalue weighted by molar-refractivity contribution is -0.142. The molecule has 1 saturated heterocycles. The van der Waals surface area contributed by atoms with Crippen molar-refractivity contribution in [2.75, 3.05) is 0 Å². The van der Waals surface area contributed by atoms with E-state index in [9.17, 15) is 4.79 Å². The fraction of sp³-hybridized carbons (Fsp3) is 0.875. The first-order chi connectivity index (χ1) is 5.11. The zero-order chi connectivity index (χ0) is 8.11. The first kappa shape index (κ1) is 7.10. The van der Waals surface area contributed by atoms with E-state index in [0.717, 1.165) is 25.7 Å². The van der Waals surface area contributed by atoms with Crippen LogP contribution in [0.1, 0.15) is 32.6 Å². The first-order valence-corrected chi connectivity index (χ1v) is 4.04. The van der Waals surface area contributed by atoms with Gasteiger partial charge in [0.2, 0.25) is 0 Å². The van der Waals surface area contributed by atoms with Gasteiger partial charge in [-0.2, -0.15) is 0 Å². The van der Waals surface area contributed by atoms with Crippen LogP contribution >= 0.6 is 0 Å². The van der Waals surface area contributed by atoms with Crippen molar-refractivity contribution in [3.05, 3.63) is 0 Å². The predicted molar refractivity (Wildman–Crippen MR) is 38.3 cm³/mol. The van der Waals surface area contributed by atoms with E-state index in [1.54, 1.807) is 6.92 Å². The third-order valence-corrected chi connectivity index (χ3v) is 3.05. The molecule has 2 aliphatic rings. The van der Waals surface area contributed by atoms with Crippen LogP contribution in [0.5, 0.6) is 0 Å². The molecule has 2 rings (SSSR count). The van der Waals surface area contributed by atoms with Gasteiger partial charge in [-0.3, -0.25) is 0 Å². The predicted octanol–water partition coefficient (Wildman–Crippen LogP) is 1.17. The molecule has 1 atom stereocenters. The lowest BCUT2D eigenvalue weighted by Gasteiger charge is -2.04. The topological polar surface area (TPSA) is 49.8 Å². The Morgan fingerprint density at radius 3 is 2.36 bits per heavy atom. The van der Waals surface area contributed by atoms with E-state index in [1.165, 1.54) is 0 Å². The molecule has 1 unspecified atom stereocenters. The minimum absolute atomic E-state index is 0.279. The van der Waals surface area contributed by atoms with E-state index in [4.69, 9.17) is 9.84 Å². The Balaban J connectivity index is 2.17.